The molecule has 0 radical (unpaired) electrons. The Balaban J connectivity index is 2.20. The quantitative estimate of drug-likeness (QED) is 0.328. The number of para-hydroxylation sites is 1. The van der Waals surface area contributed by atoms with Crippen molar-refractivity contribution in [3.05, 3.63) is 89.2 Å². The Bertz CT molecular complexity index is 1020. The molecule has 150 valence electrons. The summed E-state index contributed by atoms with van der Waals surface area (Å²) in [7, 11) is 3.59. The average molecular weight is 406 g/mol. The van der Waals surface area contributed by atoms with Crippen LogP contribution in [0.4, 0.5) is 39.0 Å². The molecule has 3 nitrogen and oxygen atoms in total. The van der Waals surface area contributed by atoms with Crippen molar-refractivity contribution in [3.8, 4) is 0 Å². The highest BCUT2D eigenvalue weighted by Crippen LogP contribution is 2.32. The third kappa shape index (κ3) is 3.65. The minimum Gasteiger partial charge on any atom is -0.378 e. The highest BCUT2D eigenvalue weighted by molar-refractivity contribution is 6.11. The molecule has 0 saturated carbocycles. The third-order valence-corrected chi connectivity index (χ3v) is 4.27. The van der Waals surface area contributed by atoms with Crippen LogP contribution < -0.4 is 9.80 Å². The summed E-state index contributed by atoms with van der Waals surface area (Å²) in [4.78, 5) is 15.7. The van der Waals surface area contributed by atoms with E-state index in [2.05, 4.69) is 0 Å². The number of carbonyl (C=O) groups is 1. The molecule has 3 rings (SSSR count). The summed E-state index contributed by atoms with van der Waals surface area (Å²) in [6, 6.07) is 14.1. The summed E-state index contributed by atoms with van der Waals surface area (Å²) in [6.07, 6.45) is 0. The molecule has 0 spiro atoms. The van der Waals surface area contributed by atoms with E-state index in [1.807, 2.05) is 0 Å². The zero-order chi connectivity index (χ0) is 21.3. The fourth-order valence-corrected chi connectivity index (χ4v) is 2.76. The van der Waals surface area contributed by atoms with Crippen molar-refractivity contribution < 1.29 is 26.7 Å². The zero-order valence-electron chi connectivity index (χ0n) is 15.4. The minimum atomic E-state index is -2.32. The van der Waals surface area contributed by atoms with Gasteiger partial charge in [0.05, 0.1) is 0 Å². The number of carbonyl (C=O) groups excluding carboxylic acids is 1. The maximum absolute atomic E-state index is 14.2. The largest absolute Gasteiger partial charge is 0.378 e. The van der Waals surface area contributed by atoms with Gasteiger partial charge in [-0.1, -0.05) is 18.2 Å². The topological polar surface area (TPSA) is 23.6 Å². The van der Waals surface area contributed by atoms with Crippen LogP contribution in [0.25, 0.3) is 0 Å². The fraction of sp³-hybridized carbons (Fsp3) is 0.0952. The lowest BCUT2D eigenvalue weighted by molar-refractivity contribution is 0.0988. The molecule has 0 saturated heterocycles. The van der Waals surface area contributed by atoms with E-state index in [1.165, 1.54) is 24.3 Å². The first-order valence-corrected chi connectivity index (χ1v) is 8.42. The molecule has 0 bridgehead atoms. The van der Waals surface area contributed by atoms with E-state index in [1.54, 1.807) is 49.3 Å². The SMILES string of the molecule is CN(C)c1ccc(N(C(=O)c2c(F)c(F)c(F)c(F)c2F)c2ccccc2)cc1. The van der Waals surface area contributed by atoms with Crippen molar-refractivity contribution in [1.82, 2.24) is 0 Å². The molecular formula is C21H15F5N2O. The lowest BCUT2D eigenvalue weighted by Crippen LogP contribution is -2.29. The van der Waals surface area contributed by atoms with Crippen LogP contribution in [-0.4, -0.2) is 20.0 Å². The Hall–Kier alpha value is -3.42. The van der Waals surface area contributed by atoms with Gasteiger partial charge in [-0.25, -0.2) is 22.0 Å². The molecule has 29 heavy (non-hydrogen) atoms. The van der Waals surface area contributed by atoms with Gasteiger partial charge in [0.1, 0.15) is 5.56 Å². The summed E-state index contributed by atoms with van der Waals surface area (Å²) < 4.78 is 69.1. The van der Waals surface area contributed by atoms with Gasteiger partial charge in [-0.15, -0.1) is 0 Å². The Morgan fingerprint density at radius 1 is 0.621 bits per heavy atom. The molecule has 0 aliphatic carbocycles. The van der Waals surface area contributed by atoms with E-state index in [-0.39, 0.29) is 11.4 Å². The molecule has 0 aliphatic heterocycles. The molecule has 0 aromatic heterocycles. The van der Waals surface area contributed by atoms with Gasteiger partial charge in [0.25, 0.3) is 5.91 Å². The zero-order valence-corrected chi connectivity index (χ0v) is 15.4. The van der Waals surface area contributed by atoms with Gasteiger partial charge >= 0.3 is 0 Å². The Labute approximate surface area is 163 Å². The molecule has 3 aromatic carbocycles. The number of hydrogen-bond donors (Lipinski definition) is 0. The van der Waals surface area contributed by atoms with E-state index >= 15 is 0 Å². The Morgan fingerprint density at radius 2 is 1.03 bits per heavy atom. The predicted octanol–water partition coefficient (Wildman–Crippen LogP) is 5.43. The van der Waals surface area contributed by atoms with Crippen LogP contribution in [0.5, 0.6) is 0 Å². The van der Waals surface area contributed by atoms with Crippen molar-refractivity contribution in [3.63, 3.8) is 0 Å². The van der Waals surface area contributed by atoms with Crippen LogP contribution in [0.1, 0.15) is 10.4 Å². The van der Waals surface area contributed by atoms with Gasteiger partial charge < -0.3 is 4.90 Å². The number of anilines is 3. The maximum atomic E-state index is 14.2. The second kappa shape index (κ2) is 7.90. The van der Waals surface area contributed by atoms with E-state index in [9.17, 15) is 26.7 Å². The number of rotatable bonds is 4. The van der Waals surface area contributed by atoms with E-state index in [0.717, 1.165) is 10.6 Å². The number of hydrogen-bond acceptors (Lipinski definition) is 2. The van der Waals surface area contributed by atoms with E-state index in [4.69, 9.17) is 0 Å². The standard InChI is InChI=1S/C21H15F5N2O/c1-27(2)12-8-10-14(11-9-12)28(13-6-4-3-5-7-13)21(29)15-16(22)18(24)20(26)19(25)17(15)23/h3-11H,1-2H3. The predicted molar refractivity (Wildman–Crippen MR) is 99.9 cm³/mol. The normalized spacial score (nSPS) is 10.7. The fourth-order valence-electron chi connectivity index (χ4n) is 2.76. The van der Waals surface area contributed by atoms with Gasteiger partial charge in [0.2, 0.25) is 5.82 Å². The van der Waals surface area contributed by atoms with E-state index in [0.29, 0.717) is 0 Å². The number of amides is 1. The maximum Gasteiger partial charge on any atom is 0.269 e. The smallest absolute Gasteiger partial charge is 0.269 e. The summed E-state index contributed by atoms with van der Waals surface area (Å²) >= 11 is 0. The number of nitrogens with zero attached hydrogens (tertiary/aromatic N) is 2. The van der Waals surface area contributed by atoms with Crippen LogP contribution in [0.2, 0.25) is 0 Å². The summed E-state index contributed by atoms with van der Waals surface area (Å²) in [5, 5.41) is 0. The molecular weight excluding hydrogens is 391 g/mol. The second-order valence-corrected chi connectivity index (χ2v) is 6.33. The summed E-state index contributed by atoms with van der Waals surface area (Å²) in [6.45, 7) is 0. The lowest BCUT2D eigenvalue weighted by atomic mass is 10.1. The van der Waals surface area contributed by atoms with E-state index < -0.39 is 40.6 Å². The van der Waals surface area contributed by atoms with Crippen LogP contribution >= 0.6 is 0 Å². The first-order chi connectivity index (χ1) is 13.7. The van der Waals surface area contributed by atoms with Crippen LogP contribution in [-0.2, 0) is 0 Å². The minimum absolute atomic E-state index is 0.191. The molecule has 1 amide bonds. The molecule has 0 N–H and O–H groups in total. The van der Waals surface area contributed by atoms with Crippen LogP contribution in [0, 0.1) is 29.1 Å². The van der Waals surface area contributed by atoms with Gasteiger partial charge in [-0.2, -0.15) is 0 Å². The molecule has 0 atom stereocenters. The first kappa shape index (κ1) is 20.3. The average Bonchev–Trinajstić information content (AvgIpc) is 2.72. The second-order valence-electron chi connectivity index (χ2n) is 6.33. The van der Waals surface area contributed by atoms with Gasteiger partial charge in [0, 0.05) is 31.2 Å². The van der Waals surface area contributed by atoms with Crippen molar-refractivity contribution >= 4 is 23.0 Å². The number of halogens is 5. The van der Waals surface area contributed by atoms with Crippen molar-refractivity contribution in [1.29, 1.82) is 0 Å². The molecule has 0 unspecified atom stereocenters. The lowest BCUT2D eigenvalue weighted by Gasteiger charge is -2.24. The molecule has 8 heteroatoms. The third-order valence-electron chi connectivity index (χ3n) is 4.27. The number of benzene rings is 3. The molecule has 3 aromatic rings. The molecule has 0 heterocycles. The monoisotopic (exact) mass is 406 g/mol. The van der Waals surface area contributed by atoms with Crippen molar-refractivity contribution in [2.75, 3.05) is 23.9 Å². The Kier molecular flexibility index (Phi) is 5.54. The molecule has 0 fully saturated rings. The highest BCUT2D eigenvalue weighted by Gasteiger charge is 2.33. The molecule has 0 aliphatic rings. The first-order valence-electron chi connectivity index (χ1n) is 8.42. The van der Waals surface area contributed by atoms with Gasteiger partial charge in [-0.3, -0.25) is 9.69 Å². The highest BCUT2D eigenvalue weighted by atomic mass is 19.2. The van der Waals surface area contributed by atoms with Crippen molar-refractivity contribution in [2.45, 2.75) is 0 Å². The van der Waals surface area contributed by atoms with Gasteiger partial charge in [-0.05, 0) is 36.4 Å². The Morgan fingerprint density at radius 3 is 1.52 bits per heavy atom. The summed E-state index contributed by atoms with van der Waals surface area (Å²) in [5.41, 5.74) is -0.359. The van der Waals surface area contributed by atoms with Crippen molar-refractivity contribution in [2.24, 2.45) is 0 Å². The van der Waals surface area contributed by atoms with Gasteiger partial charge in [0.15, 0.2) is 23.3 Å². The van der Waals surface area contributed by atoms with Crippen LogP contribution in [0.15, 0.2) is 54.6 Å². The summed E-state index contributed by atoms with van der Waals surface area (Å²) in [5.74, 6) is -12.4. The van der Waals surface area contributed by atoms with Crippen LogP contribution in [0.3, 0.4) is 0 Å².